The second-order valence-electron chi connectivity index (χ2n) is 10.4. The number of para-hydroxylation sites is 1. The molecule has 6 rings (SSSR count). The fourth-order valence-electron chi connectivity index (χ4n) is 5.54. The van der Waals surface area contributed by atoms with Gasteiger partial charge in [-0.25, -0.2) is 9.48 Å². The van der Waals surface area contributed by atoms with Gasteiger partial charge in [0.25, 0.3) is 5.95 Å². The number of aliphatic hydroxyl groups excluding tert-OH is 1. The Morgan fingerprint density at radius 1 is 1.05 bits per heavy atom. The van der Waals surface area contributed by atoms with E-state index in [-0.39, 0.29) is 35.8 Å². The molecule has 2 amide bonds. The molecule has 11 nitrogen and oxygen atoms in total. The van der Waals surface area contributed by atoms with Crippen LogP contribution in [0.4, 0.5) is 10.6 Å². The third-order valence-electron chi connectivity index (χ3n) is 7.54. The lowest BCUT2D eigenvalue weighted by Crippen LogP contribution is -2.40. The van der Waals surface area contributed by atoms with Crippen LogP contribution >= 0.6 is 0 Å². The van der Waals surface area contributed by atoms with Crippen molar-refractivity contribution in [1.29, 1.82) is 0 Å². The second kappa shape index (κ2) is 11.6. The van der Waals surface area contributed by atoms with Gasteiger partial charge in [-0.15, -0.1) is 0 Å². The Morgan fingerprint density at radius 3 is 2.45 bits per heavy atom. The number of nitrogens with zero attached hydrogens (tertiary/aromatic N) is 4. The SMILES string of the molecule is Cc1c(-c2cnn(C)c2)nn(-c2ccccc2)c1NC(=O)N[C@@H]1C[C@@H](Oc2ccc(C(O)O)o2)C[C@H]1c1ccccc1. The number of furan rings is 1. The van der Waals surface area contributed by atoms with Crippen molar-refractivity contribution in [3.63, 3.8) is 0 Å². The molecular weight excluding hydrogens is 536 g/mol. The Labute approximate surface area is 242 Å². The minimum Gasteiger partial charge on any atom is -0.462 e. The zero-order valence-corrected chi connectivity index (χ0v) is 23.2. The summed E-state index contributed by atoms with van der Waals surface area (Å²) in [7, 11) is 1.85. The van der Waals surface area contributed by atoms with Crippen LogP contribution in [0.25, 0.3) is 16.9 Å². The summed E-state index contributed by atoms with van der Waals surface area (Å²) in [4.78, 5) is 13.6. The van der Waals surface area contributed by atoms with E-state index in [4.69, 9.17) is 14.3 Å². The van der Waals surface area contributed by atoms with Crippen LogP contribution < -0.4 is 15.4 Å². The summed E-state index contributed by atoms with van der Waals surface area (Å²) < 4.78 is 14.9. The molecule has 1 fully saturated rings. The number of ether oxygens (including phenoxy) is 1. The van der Waals surface area contributed by atoms with Gasteiger partial charge in [0.05, 0.1) is 11.9 Å². The predicted octanol–water partition coefficient (Wildman–Crippen LogP) is 4.67. The third-order valence-corrected chi connectivity index (χ3v) is 7.54. The quantitative estimate of drug-likeness (QED) is 0.199. The number of carbonyl (C=O) groups is 1. The number of hydrogen-bond acceptors (Lipinski definition) is 7. The summed E-state index contributed by atoms with van der Waals surface area (Å²) in [5.41, 5.74) is 4.29. The van der Waals surface area contributed by atoms with Crippen molar-refractivity contribution in [2.45, 2.75) is 44.1 Å². The molecule has 42 heavy (non-hydrogen) atoms. The van der Waals surface area contributed by atoms with E-state index in [9.17, 15) is 15.0 Å². The van der Waals surface area contributed by atoms with Gasteiger partial charge in [-0.05, 0) is 37.1 Å². The highest BCUT2D eigenvalue weighted by molar-refractivity contribution is 5.91. The number of carbonyl (C=O) groups excluding carboxylic acids is 1. The first-order valence-corrected chi connectivity index (χ1v) is 13.7. The number of rotatable bonds is 8. The number of aryl methyl sites for hydroxylation is 1. The molecule has 1 saturated carbocycles. The molecule has 0 spiro atoms. The number of aliphatic hydroxyl groups is 2. The molecule has 0 radical (unpaired) electrons. The topological polar surface area (TPSA) is 140 Å². The van der Waals surface area contributed by atoms with E-state index in [0.29, 0.717) is 18.7 Å². The van der Waals surface area contributed by atoms with Crippen LogP contribution in [0.1, 0.15) is 41.9 Å². The Morgan fingerprint density at radius 2 is 1.79 bits per heavy atom. The summed E-state index contributed by atoms with van der Waals surface area (Å²) in [5, 5.41) is 34.1. The van der Waals surface area contributed by atoms with Gasteiger partial charge in [-0.1, -0.05) is 48.5 Å². The molecule has 2 aromatic carbocycles. The first-order valence-electron chi connectivity index (χ1n) is 13.7. The molecule has 1 aliphatic carbocycles. The van der Waals surface area contributed by atoms with Crippen LogP contribution in [0, 0.1) is 6.92 Å². The highest BCUT2D eigenvalue weighted by atomic mass is 16.6. The van der Waals surface area contributed by atoms with Crippen LogP contribution in [0.15, 0.2) is 89.6 Å². The molecule has 3 heterocycles. The van der Waals surface area contributed by atoms with Crippen LogP contribution in [0.3, 0.4) is 0 Å². The normalized spacial score (nSPS) is 18.4. The van der Waals surface area contributed by atoms with Crippen molar-refractivity contribution in [1.82, 2.24) is 24.9 Å². The highest BCUT2D eigenvalue weighted by Gasteiger charge is 2.38. The van der Waals surface area contributed by atoms with Gasteiger partial charge in [0, 0.05) is 48.8 Å². The summed E-state index contributed by atoms with van der Waals surface area (Å²) in [6.07, 6.45) is 2.83. The smallest absolute Gasteiger partial charge is 0.320 e. The van der Waals surface area contributed by atoms with Gasteiger partial charge in [-0.2, -0.15) is 10.2 Å². The van der Waals surface area contributed by atoms with Crippen LogP contribution in [0.5, 0.6) is 5.95 Å². The highest BCUT2D eigenvalue weighted by Crippen LogP contribution is 2.38. The van der Waals surface area contributed by atoms with E-state index in [1.54, 1.807) is 21.6 Å². The van der Waals surface area contributed by atoms with Gasteiger partial charge >= 0.3 is 6.03 Å². The summed E-state index contributed by atoms with van der Waals surface area (Å²) >= 11 is 0. The van der Waals surface area contributed by atoms with Crippen LogP contribution in [0.2, 0.25) is 0 Å². The van der Waals surface area contributed by atoms with Crippen molar-refractivity contribution >= 4 is 11.8 Å². The fraction of sp³-hybridized carbons (Fsp3) is 0.258. The molecule has 0 aliphatic heterocycles. The molecular formula is C31H32N6O5. The number of nitrogens with one attached hydrogen (secondary N) is 2. The maximum Gasteiger partial charge on any atom is 0.320 e. The zero-order valence-electron chi connectivity index (χ0n) is 23.2. The summed E-state index contributed by atoms with van der Waals surface area (Å²) in [5.74, 6) is 0.759. The van der Waals surface area contributed by atoms with E-state index in [1.807, 2.05) is 80.8 Å². The molecule has 4 N–H and O–H groups in total. The molecule has 5 aromatic rings. The molecule has 1 aliphatic rings. The van der Waals surface area contributed by atoms with E-state index in [0.717, 1.165) is 28.1 Å². The van der Waals surface area contributed by atoms with Gasteiger partial charge in [0.1, 0.15) is 17.6 Å². The minimum atomic E-state index is -1.72. The van der Waals surface area contributed by atoms with Crippen molar-refractivity contribution < 1.29 is 24.2 Å². The zero-order chi connectivity index (χ0) is 29.2. The second-order valence-corrected chi connectivity index (χ2v) is 10.4. The van der Waals surface area contributed by atoms with Crippen molar-refractivity contribution in [2.75, 3.05) is 5.32 Å². The first kappa shape index (κ1) is 27.3. The number of hydrogen-bond donors (Lipinski definition) is 4. The lowest BCUT2D eigenvalue weighted by Gasteiger charge is -2.21. The molecule has 3 aromatic heterocycles. The van der Waals surface area contributed by atoms with Gasteiger partial charge in [0.2, 0.25) is 6.29 Å². The van der Waals surface area contributed by atoms with E-state index in [1.165, 1.54) is 6.07 Å². The van der Waals surface area contributed by atoms with Gasteiger partial charge in [-0.3, -0.25) is 10.00 Å². The molecule has 0 unspecified atom stereocenters. The Kier molecular flexibility index (Phi) is 7.51. The van der Waals surface area contributed by atoms with Crippen molar-refractivity contribution in [2.24, 2.45) is 7.05 Å². The maximum atomic E-state index is 13.6. The fourth-order valence-corrected chi connectivity index (χ4v) is 5.54. The predicted molar refractivity (Wildman–Crippen MR) is 155 cm³/mol. The maximum absolute atomic E-state index is 13.6. The molecule has 0 saturated heterocycles. The minimum absolute atomic E-state index is 0.00714. The van der Waals surface area contributed by atoms with Gasteiger partial charge in [0.15, 0.2) is 5.76 Å². The third kappa shape index (κ3) is 5.65. The van der Waals surface area contributed by atoms with E-state index in [2.05, 4.69) is 15.7 Å². The summed E-state index contributed by atoms with van der Waals surface area (Å²) in [6, 6.07) is 22.1. The lowest BCUT2D eigenvalue weighted by atomic mass is 9.94. The van der Waals surface area contributed by atoms with Crippen molar-refractivity contribution in [3.05, 3.63) is 102 Å². The number of anilines is 1. The molecule has 0 bridgehead atoms. The van der Waals surface area contributed by atoms with E-state index >= 15 is 0 Å². The van der Waals surface area contributed by atoms with Crippen LogP contribution in [-0.2, 0) is 7.05 Å². The standard InChI is InChI=1S/C31H32N6O5/c1-19-28(21-17-32-36(2)18-21)35-37(22-11-7-4-8-12-22)29(19)34-31(40)33-25-16-23(15-24(25)20-9-5-3-6-10-20)41-27-14-13-26(42-27)30(38)39/h3-14,17-18,23-25,30,38-39H,15-16H2,1-2H3,(H2,33,34,40)/t23-,24-,25+/m0/s1. The Hall–Kier alpha value is -4.87. The summed E-state index contributed by atoms with van der Waals surface area (Å²) in [6.45, 7) is 1.93. The number of aromatic nitrogens is 4. The average Bonchev–Trinajstić information content (AvgIpc) is 3.78. The first-order chi connectivity index (χ1) is 20.4. The number of benzene rings is 2. The van der Waals surface area contributed by atoms with Crippen molar-refractivity contribution in [3.8, 4) is 22.9 Å². The number of urea groups is 1. The monoisotopic (exact) mass is 568 g/mol. The Balaban J connectivity index is 1.24. The molecule has 11 heteroatoms. The average molecular weight is 569 g/mol. The lowest BCUT2D eigenvalue weighted by molar-refractivity contribution is -0.0602. The number of amides is 2. The largest absolute Gasteiger partial charge is 0.462 e. The van der Waals surface area contributed by atoms with Crippen LogP contribution in [-0.4, -0.2) is 48.0 Å². The Bertz CT molecular complexity index is 1660. The van der Waals surface area contributed by atoms with Gasteiger partial charge < -0.3 is 24.7 Å². The van der Waals surface area contributed by atoms with E-state index < -0.39 is 6.29 Å². The molecule has 216 valence electrons. The molecule has 3 atom stereocenters.